The van der Waals surface area contributed by atoms with Crippen molar-refractivity contribution >= 4 is 27.5 Å². The molecule has 1 amide bonds. The maximum absolute atomic E-state index is 12.6. The predicted octanol–water partition coefficient (Wildman–Crippen LogP) is 3.49. The van der Waals surface area contributed by atoms with Crippen molar-refractivity contribution in [2.45, 2.75) is 64.0 Å². The molecule has 3 rings (SSSR count). The maximum Gasteiger partial charge on any atom is 0.278 e. The van der Waals surface area contributed by atoms with Crippen LogP contribution in [0, 0.1) is 0 Å². The Morgan fingerprint density at radius 3 is 2.64 bits per heavy atom. The number of fused-ring (bicyclic) bond motifs is 1. The van der Waals surface area contributed by atoms with Gasteiger partial charge in [0.1, 0.15) is 5.01 Å². The molecule has 25 heavy (non-hydrogen) atoms. The van der Waals surface area contributed by atoms with E-state index in [0.29, 0.717) is 12.6 Å². The van der Waals surface area contributed by atoms with Crippen LogP contribution in [0.4, 0.5) is 0 Å². The van der Waals surface area contributed by atoms with E-state index in [9.17, 15) is 4.79 Å². The number of amides is 1. The summed E-state index contributed by atoms with van der Waals surface area (Å²) >= 11 is 1.69. The van der Waals surface area contributed by atoms with Gasteiger partial charge in [0.25, 0.3) is 5.91 Å². The summed E-state index contributed by atoms with van der Waals surface area (Å²) in [6.07, 6.45) is 9.23. The molecule has 1 aliphatic rings. The topological polar surface area (TPSA) is 49.8 Å². The highest BCUT2D eigenvalue weighted by atomic mass is 32.1. The fraction of sp³-hybridized carbons (Fsp3) is 0.600. The van der Waals surface area contributed by atoms with Gasteiger partial charge in [0.05, 0.1) is 22.3 Å². The zero-order chi connectivity index (χ0) is 17.6. The van der Waals surface area contributed by atoms with Crippen LogP contribution in [0.25, 0.3) is 10.2 Å². The van der Waals surface area contributed by atoms with Crippen LogP contribution in [-0.4, -0.2) is 35.4 Å². The lowest BCUT2D eigenvalue weighted by Gasteiger charge is -2.24. The van der Waals surface area contributed by atoms with E-state index in [1.54, 1.807) is 11.3 Å². The summed E-state index contributed by atoms with van der Waals surface area (Å²) in [5.74, 6) is 0.203. The fourth-order valence-corrected chi connectivity index (χ4v) is 4.65. The molecule has 1 heterocycles. The molecule has 0 saturated heterocycles. The third-order valence-electron chi connectivity index (χ3n) is 5.42. The zero-order valence-corrected chi connectivity index (χ0v) is 16.2. The number of likely N-dealkylation sites (N-methyl/N-ethyl adjacent to an activating group) is 1. The summed E-state index contributed by atoms with van der Waals surface area (Å²) in [5, 5.41) is 3.29. The van der Waals surface area contributed by atoms with Gasteiger partial charge in [0, 0.05) is 7.05 Å². The van der Waals surface area contributed by atoms with Crippen LogP contribution in [-0.2, 0) is 4.79 Å². The van der Waals surface area contributed by atoms with E-state index in [2.05, 4.69) is 18.3 Å². The lowest BCUT2D eigenvalue weighted by atomic mass is 9.97. The Labute approximate surface area is 154 Å². The average Bonchev–Trinajstić information content (AvgIpc) is 3.03. The van der Waals surface area contributed by atoms with Crippen LogP contribution in [0.15, 0.2) is 24.3 Å². The Hall–Kier alpha value is -1.46. The van der Waals surface area contributed by atoms with Crippen molar-refractivity contribution in [1.82, 2.24) is 9.88 Å². The van der Waals surface area contributed by atoms with Gasteiger partial charge in [-0.2, -0.15) is 0 Å². The summed E-state index contributed by atoms with van der Waals surface area (Å²) in [7, 11) is 1.91. The molecular weight excluding hydrogens is 330 g/mol. The minimum atomic E-state index is 0.0237. The van der Waals surface area contributed by atoms with Gasteiger partial charge in [-0.15, -0.1) is 11.3 Å². The molecule has 0 spiro atoms. The molecule has 2 aromatic rings. The molecule has 0 aliphatic heterocycles. The first kappa shape index (κ1) is 18.3. The van der Waals surface area contributed by atoms with Crippen LogP contribution in [0.2, 0.25) is 0 Å². The van der Waals surface area contributed by atoms with E-state index >= 15 is 0 Å². The van der Waals surface area contributed by atoms with Crippen molar-refractivity contribution < 1.29 is 10.1 Å². The third kappa shape index (κ3) is 4.79. The molecule has 0 radical (unpaired) electrons. The number of para-hydroxylation sites is 1. The minimum Gasteiger partial charge on any atom is -0.336 e. The smallest absolute Gasteiger partial charge is 0.278 e. The van der Waals surface area contributed by atoms with Gasteiger partial charge in [0.15, 0.2) is 6.54 Å². The van der Waals surface area contributed by atoms with E-state index in [0.717, 1.165) is 10.5 Å². The van der Waals surface area contributed by atoms with Gasteiger partial charge in [-0.25, -0.2) is 4.98 Å². The first-order valence-corrected chi connectivity index (χ1v) is 10.4. The lowest BCUT2D eigenvalue weighted by Crippen LogP contribution is -2.92. The van der Waals surface area contributed by atoms with Crippen molar-refractivity contribution in [2.24, 2.45) is 0 Å². The number of carbonyl (C=O) groups is 1. The summed E-state index contributed by atoms with van der Waals surface area (Å²) in [4.78, 5) is 19.2. The van der Waals surface area contributed by atoms with Gasteiger partial charge in [0.2, 0.25) is 0 Å². The molecular formula is C20H30N3OS+. The average molecular weight is 361 g/mol. The normalized spacial score (nSPS) is 17.8. The van der Waals surface area contributed by atoms with Gasteiger partial charge in [-0.3, -0.25) is 4.79 Å². The second kappa shape index (κ2) is 8.77. The lowest BCUT2D eigenvalue weighted by molar-refractivity contribution is -0.681. The third-order valence-corrected chi connectivity index (χ3v) is 6.62. The second-order valence-electron chi connectivity index (χ2n) is 7.25. The van der Waals surface area contributed by atoms with Crippen molar-refractivity contribution in [3.05, 3.63) is 29.3 Å². The van der Waals surface area contributed by atoms with Gasteiger partial charge < -0.3 is 10.2 Å². The Bertz CT molecular complexity index is 658. The summed E-state index contributed by atoms with van der Waals surface area (Å²) in [5.41, 5.74) is 1.02. The first-order chi connectivity index (χ1) is 12.1. The zero-order valence-electron chi connectivity index (χ0n) is 15.4. The molecule has 1 aliphatic carbocycles. The van der Waals surface area contributed by atoms with E-state index in [1.807, 2.05) is 30.1 Å². The molecule has 5 heteroatoms. The molecule has 0 bridgehead atoms. The first-order valence-electron chi connectivity index (χ1n) is 9.59. The number of quaternary nitrogens is 1. The number of aromatic nitrogens is 1. The molecule has 0 unspecified atom stereocenters. The van der Waals surface area contributed by atoms with Crippen molar-refractivity contribution in [2.75, 3.05) is 13.6 Å². The van der Waals surface area contributed by atoms with Gasteiger partial charge >= 0.3 is 0 Å². The minimum absolute atomic E-state index is 0.0237. The van der Waals surface area contributed by atoms with E-state index in [-0.39, 0.29) is 11.9 Å². The van der Waals surface area contributed by atoms with E-state index < -0.39 is 0 Å². The number of hydrogen-bond acceptors (Lipinski definition) is 3. The SMILES string of the molecule is C[C@H](c1nc2ccccc2s1)N(C)C(=O)C[NH2+]C1CCCCCCC1. The molecule has 2 N–H and O–H groups in total. The molecule has 1 fully saturated rings. The number of nitrogens with zero attached hydrogens (tertiary/aromatic N) is 2. The van der Waals surface area contributed by atoms with Crippen LogP contribution in [0.5, 0.6) is 0 Å². The van der Waals surface area contributed by atoms with E-state index in [4.69, 9.17) is 4.98 Å². The van der Waals surface area contributed by atoms with Crippen molar-refractivity contribution in [3.63, 3.8) is 0 Å². The van der Waals surface area contributed by atoms with Gasteiger partial charge in [-0.1, -0.05) is 31.4 Å². The number of thiazole rings is 1. The quantitative estimate of drug-likeness (QED) is 0.887. The molecule has 1 aromatic heterocycles. The Balaban J connectivity index is 1.55. The Kier molecular flexibility index (Phi) is 6.43. The monoisotopic (exact) mass is 360 g/mol. The van der Waals surface area contributed by atoms with Crippen LogP contribution < -0.4 is 5.32 Å². The van der Waals surface area contributed by atoms with Crippen molar-refractivity contribution in [1.29, 1.82) is 0 Å². The maximum atomic E-state index is 12.6. The number of carbonyl (C=O) groups excluding carboxylic acids is 1. The van der Waals surface area contributed by atoms with Crippen LogP contribution in [0.3, 0.4) is 0 Å². The van der Waals surface area contributed by atoms with Gasteiger partial charge in [-0.05, 0) is 44.7 Å². The predicted molar refractivity (Wildman–Crippen MR) is 104 cm³/mol. The molecule has 1 atom stereocenters. The highest BCUT2D eigenvalue weighted by Crippen LogP contribution is 2.28. The number of benzene rings is 1. The highest BCUT2D eigenvalue weighted by molar-refractivity contribution is 7.18. The second-order valence-corrected chi connectivity index (χ2v) is 8.31. The van der Waals surface area contributed by atoms with Crippen molar-refractivity contribution in [3.8, 4) is 0 Å². The summed E-state index contributed by atoms with van der Waals surface area (Å²) in [6, 6.07) is 8.81. The highest BCUT2D eigenvalue weighted by Gasteiger charge is 2.23. The molecule has 1 saturated carbocycles. The van der Waals surface area contributed by atoms with Crippen LogP contribution in [0.1, 0.15) is 62.9 Å². The molecule has 4 nitrogen and oxygen atoms in total. The molecule has 1 aromatic carbocycles. The number of rotatable bonds is 5. The summed E-state index contributed by atoms with van der Waals surface area (Å²) < 4.78 is 1.19. The largest absolute Gasteiger partial charge is 0.336 e. The fourth-order valence-electron chi connectivity index (χ4n) is 3.59. The molecule has 136 valence electrons. The Morgan fingerprint density at radius 2 is 1.92 bits per heavy atom. The number of nitrogens with two attached hydrogens (primary N) is 1. The van der Waals surface area contributed by atoms with Crippen LogP contribution >= 0.6 is 11.3 Å². The Morgan fingerprint density at radius 1 is 1.24 bits per heavy atom. The standard InChI is InChI=1S/C20H29N3OS/c1-15(20-22-17-12-8-9-13-18(17)25-20)23(2)19(24)14-21-16-10-6-4-3-5-7-11-16/h8-9,12-13,15-16,21H,3-7,10-11,14H2,1-2H3/p+1/t15-/m1/s1. The number of hydrogen-bond donors (Lipinski definition) is 1. The van der Waals surface area contributed by atoms with E-state index in [1.165, 1.54) is 49.6 Å². The summed E-state index contributed by atoms with van der Waals surface area (Å²) in [6.45, 7) is 2.63.